The van der Waals surface area contributed by atoms with Crippen molar-refractivity contribution in [3.8, 4) is 0 Å². The molecule has 0 bridgehead atoms. The van der Waals surface area contributed by atoms with Crippen molar-refractivity contribution in [1.29, 1.82) is 0 Å². The number of pyridine rings is 1. The number of hydrogen-bond acceptors (Lipinski definition) is 6. The summed E-state index contributed by atoms with van der Waals surface area (Å²) < 4.78 is 1.70. The van der Waals surface area contributed by atoms with Gasteiger partial charge in [0.15, 0.2) is 5.82 Å². The van der Waals surface area contributed by atoms with E-state index in [2.05, 4.69) is 25.7 Å². The fourth-order valence-corrected chi connectivity index (χ4v) is 3.53. The Kier molecular flexibility index (Phi) is 5.78. The van der Waals surface area contributed by atoms with Crippen LogP contribution in [0.3, 0.4) is 0 Å². The highest BCUT2D eigenvalue weighted by molar-refractivity contribution is 6.30. The van der Waals surface area contributed by atoms with Crippen LogP contribution in [-0.4, -0.2) is 37.4 Å². The Bertz CT molecular complexity index is 1080. The van der Waals surface area contributed by atoms with Gasteiger partial charge in [-0.25, -0.2) is 9.67 Å². The minimum absolute atomic E-state index is 0.0624. The number of allylic oxidation sites excluding steroid dienone is 1. The summed E-state index contributed by atoms with van der Waals surface area (Å²) >= 11 is 6.08. The molecule has 0 fully saturated rings. The Labute approximate surface area is 178 Å². The van der Waals surface area contributed by atoms with Crippen LogP contribution in [0.25, 0.3) is 0 Å². The number of hydrogen-bond donors (Lipinski definition) is 3. The van der Waals surface area contributed by atoms with Gasteiger partial charge in [-0.3, -0.25) is 4.79 Å². The highest BCUT2D eigenvalue weighted by Crippen LogP contribution is 2.36. The first-order valence-electron chi connectivity index (χ1n) is 9.58. The number of halogens is 1. The van der Waals surface area contributed by atoms with Gasteiger partial charge in [0.1, 0.15) is 11.9 Å². The zero-order valence-electron chi connectivity index (χ0n) is 16.3. The molecule has 1 aliphatic heterocycles. The molecule has 8 nitrogen and oxygen atoms in total. The Hall–Kier alpha value is -3.23. The second-order valence-corrected chi connectivity index (χ2v) is 7.35. The highest BCUT2D eigenvalue weighted by Gasteiger charge is 2.34. The summed E-state index contributed by atoms with van der Waals surface area (Å²) in [4.78, 5) is 22.0. The number of aliphatic hydroxyl groups excluding tert-OH is 1. The van der Waals surface area contributed by atoms with Crippen LogP contribution in [0.15, 0.2) is 59.9 Å². The van der Waals surface area contributed by atoms with E-state index in [4.69, 9.17) is 16.7 Å². The Morgan fingerprint density at radius 2 is 2.07 bits per heavy atom. The van der Waals surface area contributed by atoms with E-state index in [-0.39, 0.29) is 12.5 Å². The van der Waals surface area contributed by atoms with E-state index in [1.54, 1.807) is 35.1 Å². The van der Waals surface area contributed by atoms with Crippen LogP contribution < -0.4 is 10.6 Å². The maximum absolute atomic E-state index is 13.2. The molecule has 9 heteroatoms. The number of rotatable bonds is 6. The number of nitrogens with zero attached hydrogens (tertiary/aromatic N) is 4. The van der Waals surface area contributed by atoms with Crippen molar-refractivity contribution in [2.24, 2.45) is 0 Å². The number of fused-ring (bicyclic) bond motifs is 1. The quantitative estimate of drug-likeness (QED) is 0.561. The molecular formula is C21H21ClN6O2. The van der Waals surface area contributed by atoms with Crippen LogP contribution in [0.5, 0.6) is 0 Å². The largest absolute Gasteiger partial charge is 0.396 e. The maximum Gasteiger partial charge on any atom is 0.257 e. The lowest BCUT2D eigenvalue weighted by Crippen LogP contribution is -2.31. The minimum Gasteiger partial charge on any atom is -0.396 e. The summed E-state index contributed by atoms with van der Waals surface area (Å²) in [7, 11) is 0. The van der Waals surface area contributed by atoms with Gasteiger partial charge in [0.05, 0.1) is 5.57 Å². The van der Waals surface area contributed by atoms with Gasteiger partial charge in [-0.1, -0.05) is 29.8 Å². The summed E-state index contributed by atoms with van der Waals surface area (Å²) in [6.07, 6.45) is 2.73. The molecule has 1 atom stereocenters. The molecule has 4 rings (SSSR count). The smallest absolute Gasteiger partial charge is 0.257 e. The molecule has 0 saturated heterocycles. The highest BCUT2D eigenvalue weighted by atomic mass is 35.5. The van der Waals surface area contributed by atoms with Gasteiger partial charge in [-0.15, -0.1) is 0 Å². The van der Waals surface area contributed by atoms with Crippen LogP contribution in [0, 0.1) is 0 Å². The number of anilines is 2. The molecule has 0 spiro atoms. The van der Waals surface area contributed by atoms with E-state index in [0.717, 1.165) is 5.56 Å². The van der Waals surface area contributed by atoms with Crippen LogP contribution in [0.4, 0.5) is 11.8 Å². The van der Waals surface area contributed by atoms with E-state index in [9.17, 15) is 4.79 Å². The van der Waals surface area contributed by atoms with Crippen LogP contribution in [0.2, 0.25) is 5.02 Å². The van der Waals surface area contributed by atoms with E-state index in [0.29, 0.717) is 46.7 Å². The molecule has 0 aliphatic carbocycles. The van der Waals surface area contributed by atoms with Gasteiger partial charge in [0, 0.05) is 29.9 Å². The SMILES string of the molecule is CC1=C(C(=O)Nc2ccccn2)C(c2ccc(Cl)cc2)n2nc(CCCO)nc2N1. The first-order valence-corrected chi connectivity index (χ1v) is 9.96. The predicted molar refractivity (Wildman–Crippen MR) is 114 cm³/mol. The third kappa shape index (κ3) is 4.05. The lowest BCUT2D eigenvalue weighted by Gasteiger charge is -2.28. The van der Waals surface area contributed by atoms with Crippen LogP contribution in [-0.2, 0) is 11.2 Å². The molecule has 1 amide bonds. The van der Waals surface area contributed by atoms with Crippen molar-refractivity contribution >= 4 is 29.3 Å². The third-order valence-corrected chi connectivity index (χ3v) is 5.04. The number of aromatic nitrogens is 4. The second-order valence-electron chi connectivity index (χ2n) is 6.91. The summed E-state index contributed by atoms with van der Waals surface area (Å²) in [6, 6.07) is 12.2. The lowest BCUT2D eigenvalue weighted by molar-refractivity contribution is -0.113. The van der Waals surface area contributed by atoms with Crippen LogP contribution in [0.1, 0.15) is 30.8 Å². The van der Waals surface area contributed by atoms with Gasteiger partial charge in [0.2, 0.25) is 5.95 Å². The summed E-state index contributed by atoms with van der Waals surface area (Å²) in [5.74, 6) is 1.34. The predicted octanol–water partition coefficient (Wildman–Crippen LogP) is 3.18. The van der Waals surface area contributed by atoms with Crippen molar-refractivity contribution in [2.45, 2.75) is 25.8 Å². The molecule has 3 aromatic rings. The van der Waals surface area contributed by atoms with Gasteiger partial charge >= 0.3 is 0 Å². The number of carbonyl (C=O) groups is 1. The van der Waals surface area contributed by atoms with Crippen molar-refractivity contribution < 1.29 is 9.90 Å². The number of nitrogens with one attached hydrogen (secondary N) is 2. The number of aliphatic hydroxyl groups is 1. The summed E-state index contributed by atoms with van der Waals surface area (Å²) in [5.41, 5.74) is 2.04. The third-order valence-electron chi connectivity index (χ3n) is 4.79. The first-order chi connectivity index (χ1) is 14.6. The van der Waals surface area contributed by atoms with E-state index in [1.165, 1.54) is 0 Å². The molecule has 1 unspecified atom stereocenters. The van der Waals surface area contributed by atoms with E-state index < -0.39 is 6.04 Å². The average molecular weight is 425 g/mol. The number of amides is 1. The van der Waals surface area contributed by atoms with Gasteiger partial charge in [0.25, 0.3) is 5.91 Å². The zero-order chi connectivity index (χ0) is 21.1. The Morgan fingerprint density at radius 1 is 1.27 bits per heavy atom. The molecule has 1 aromatic carbocycles. The fourth-order valence-electron chi connectivity index (χ4n) is 3.41. The van der Waals surface area contributed by atoms with Gasteiger partial charge < -0.3 is 15.7 Å². The maximum atomic E-state index is 13.2. The van der Waals surface area contributed by atoms with E-state index >= 15 is 0 Å². The molecule has 154 valence electrons. The molecule has 3 heterocycles. The summed E-state index contributed by atoms with van der Waals surface area (Å²) in [5, 5.41) is 20.4. The van der Waals surface area contributed by atoms with Gasteiger partial charge in [-0.2, -0.15) is 10.1 Å². The number of carbonyl (C=O) groups excluding carboxylic acids is 1. The number of benzene rings is 1. The Balaban J connectivity index is 1.75. The Morgan fingerprint density at radius 3 is 2.77 bits per heavy atom. The molecule has 3 N–H and O–H groups in total. The fraction of sp³-hybridized carbons (Fsp3) is 0.238. The molecule has 1 aliphatic rings. The van der Waals surface area contributed by atoms with Crippen molar-refractivity contribution in [3.05, 3.63) is 76.3 Å². The zero-order valence-corrected chi connectivity index (χ0v) is 17.1. The average Bonchev–Trinajstić information content (AvgIpc) is 3.15. The normalized spacial score (nSPS) is 15.5. The molecular weight excluding hydrogens is 404 g/mol. The standard InChI is InChI=1S/C21H21ClN6O2/c1-13-18(20(30)25-16-5-2-3-11-23-16)19(14-7-9-15(22)10-8-14)28-21(24-13)26-17(27-28)6-4-12-29/h2-3,5,7-11,19,29H,4,6,12H2,1H3,(H,23,25,30)(H,24,26,27). The number of aryl methyl sites for hydroxylation is 1. The monoisotopic (exact) mass is 424 g/mol. The topological polar surface area (TPSA) is 105 Å². The molecule has 30 heavy (non-hydrogen) atoms. The summed E-state index contributed by atoms with van der Waals surface area (Å²) in [6.45, 7) is 1.90. The van der Waals surface area contributed by atoms with Gasteiger partial charge in [-0.05, 0) is 43.2 Å². The van der Waals surface area contributed by atoms with Crippen molar-refractivity contribution in [3.63, 3.8) is 0 Å². The second kappa shape index (κ2) is 8.64. The van der Waals surface area contributed by atoms with Crippen LogP contribution >= 0.6 is 11.6 Å². The van der Waals surface area contributed by atoms with Crippen molar-refractivity contribution in [1.82, 2.24) is 19.7 Å². The lowest BCUT2D eigenvalue weighted by atomic mass is 9.95. The molecule has 0 saturated carbocycles. The minimum atomic E-state index is -0.488. The first kappa shape index (κ1) is 20.1. The van der Waals surface area contributed by atoms with Crippen molar-refractivity contribution in [2.75, 3.05) is 17.2 Å². The van der Waals surface area contributed by atoms with E-state index in [1.807, 2.05) is 25.1 Å². The molecule has 2 aromatic heterocycles. The molecule has 0 radical (unpaired) electrons.